The van der Waals surface area contributed by atoms with Crippen molar-refractivity contribution in [2.75, 3.05) is 12.9 Å². The molecule has 2 aromatic carbocycles. The fourth-order valence-electron chi connectivity index (χ4n) is 6.51. The number of benzene rings is 2. The second-order valence-electron chi connectivity index (χ2n) is 11.9. The lowest BCUT2D eigenvalue weighted by Crippen LogP contribution is -2.30. The van der Waals surface area contributed by atoms with Gasteiger partial charge in [-0.15, -0.1) is 5.10 Å². The smallest absolute Gasteiger partial charge is 0.248 e. The molecule has 0 saturated heterocycles. The largest absolute Gasteiger partial charge is 0.493 e. The highest BCUT2D eigenvalue weighted by Gasteiger charge is 2.40. The van der Waals surface area contributed by atoms with Crippen LogP contribution in [0, 0.1) is 5.92 Å². The van der Waals surface area contributed by atoms with Crippen LogP contribution in [-0.4, -0.2) is 75.3 Å². The molecule has 0 N–H and O–H groups in total. The van der Waals surface area contributed by atoms with Crippen LogP contribution in [0.15, 0.2) is 59.6 Å². The third-order valence-corrected chi connectivity index (χ3v) is 9.64. The summed E-state index contributed by atoms with van der Waals surface area (Å²) in [6, 6.07) is 14.2. The first kappa shape index (κ1) is 31.3. The van der Waals surface area contributed by atoms with Crippen LogP contribution in [-0.2, 0) is 22.0 Å². The quantitative estimate of drug-likeness (QED) is 0.231. The van der Waals surface area contributed by atoms with Crippen molar-refractivity contribution in [1.82, 2.24) is 24.5 Å². The molecule has 45 heavy (non-hydrogen) atoms. The zero-order valence-corrected chi connectivity index (χ0v) is 26.1. The van der Waals surface area contributed by atoms with Crippen LogP contribution in [0.2, 0.25) is 0 Å². The summed E-state index contributed by atoms with van der Waals surface area (Å²) in [4.78, 5) is 4.94. The van der Waals surface area contributed by atoms with Crippen molar-refractivity contribution < 1.29 is 21.9 Å². The number of aryl methyl sites for hydroxylation is 1. The minimum absolute atomic E-state index is 0.0713. The van der Waals surface area contributed by atoms with Crippen molar-refractivity contribution in [1.29, 1.82) is 0 Å². The Morgan fingerprint density at radius 1 is 1.09 bits per heavy atom. The second-order valence-corrected chi connectivity index (χ2v) is 13.9. The number of aromatic nitrogens is 5. The molecule has 6 rings (SSSR count). The molecule has 1 atom stereocenters. The van der Waals surface area contributed by atoms with Crippen LogP contribution < -0.4 is 4.74 Å². The predicted molar refractivity (Wildman–Crippen MR) is 172 cm³/mol. The SMILES string of the molecule is [B]C([B])([B])c1nnn(C)c1-c1cnc2c3c(OCC)cc(S(C)(=O)=O)cc3n(C(c3ccccc3)C3CCC(F)(F)CC3)c2c1. The zero-order chi connectivity index (χ0) is 32.3. The topological polar surface area (TPSA) is 91.9 Å². The van der Waals surface area contributed by atoms with Gasteiger partial charge in [-0.05, 0) is 49.4 Å². The van der Waals surface area contributed by atoms with E-state index >= 15 is 0 Å². The van der Waals surface area contributed by atoms with Gasteiger partial charge in [0.05, 0.1) is 74.4 Å². The number of alkyl halides is 2. The zero-order valence-electron chi connectivity index (χ0n) is 25.2. The molecule has 8 nitrogen and oxygen atoms in total. The summed E-state index contributed by atoms with van der Waals surface area (Å²) in [6.07, 6.45) is 2.83. The molecule has 226 valence electrons. The number of hydrogen-bond acceptors (Lipinski definition) is 6. The number of rotatable bonds is 8. The summed E-state index contributed by atoms with van der Waals surface area (Å²) in [6.45, 7) is 2.09. The maximum atomic E-state index is 14.5. The highest BCUT2D eigenvalue weighted by Crippen LogP contribution is 2.47. The fraction of sp³-hybridized carbons (Fsp3) is 0.387. The second kappa shape index (κ2) is 11.3. The molecule has 0 spiro atoms. The van der Waals surface area contributed by atoms with Crippen molar-refractivity contribution in [2.45, 2.75) is 54.6 Å². The minimum Gasteiger partial charge on any atom is -0.493 e. The molecule has 3 heterocycles. The Balaban J connectivity index is 1.73. The van der Waals surface area contributed by atoms with Crippen LogP contribution in [0.3, 0.4) is 0 Å². The molecule has 1 aliphatic rings. The molecule has 0 amide bonds. The summed E-state index contributed by atoms with van der Waals surface area (Å²) in [5, 5.41) is 7.01. The van der Waals surface area contributed by atoms with Crippen molar-refractivity contribution in [2.24, 2.45) is 13.0 Å². The highest BCUT2D eigenvalue weighted by molar-refractivity contribution is 7.90. The van der Waals surface area contributed by atoms with E-state index in [9.17, 15) is 17.2 Å². The Morgan fingerprint density at radius 3 is 2.40 bits per heavy atom. The molecule has 6 radical (unpaired) electrons. The molecule has 5 aromatic rings. The summed E-state index contributed by atoms with van der Waals surface area (Å²) < 4.78 is 64.3. The van der Waals surface area contributed by atoms with Crippen molar-refractivity contribution in [3.05, 3.63) is 66.0 Å². The van der Waals surface area contributed by atoms with Gasteiger partial charge in [-0.1, -0.05) is 40.7 Å². The number of hydrogen-bond donors (Lipinski definition) is 0. The van der Waals surface area contributed by atoms with Gasteiger partial charge in [0.1, 0.15) is 5.75 Å². The van der Waals surface area contributed by atoms with E-state index < -0.39 is 26.9 Å². The highest BCUT2D eigenvalue weighted by atomic mass is 32.2. The van der Waals surface area contributed by atoms with E-state index in [1.165, 1.54) is 10.7 Å². The predicted octanol–water partition coefficient (Wildman–Crippen LogP) is 4.82. The van der Waals surface area contributed by atoms with Gasteiger partial charge >= 0.3 is 0 Å². The molecule has 1 unspecified atom stereocenters. The molecule has 3 aromatic heterocycles. The van der Waals surface area contributed by atoms with Crippen LogP contribution >= 0.6 is 0 Å². The van der Waals surface area contributed by atoms with Gasteiger partial charge in [-0.2, -0.15) is 0 Å². The van der Waals surface area contributed by atoms with E-state index in [2.05, 4.69) is 10.3 Å². The average Bonchev–Trinajstić information content (AvgIpc) is 3.52. The Kier molecular flexibility index (Phi) is 7.86. The molecule has 1 fully saturated rings. The van der Waals surface area contributed by atoms with E-state index in [4.69, 9.17) is 33.3 Å². The summed E-state index contributed by atoms with van der Waals surface area (Å²) >= 11 is 0. The fourth-order valence-corrected chi connectivity index (χ4v) is 7.16. The normalized spacial score (nSPS) is 16.7. The maximum absolute atomic E-state index is 14.5. The maximum Gasteiger partial charge on any atom is 0.248 e. The van der Waals surface area contributed by atoms with Crippen molar-refractivity contribution in [3.8, 4) is 17.0 Å². The Bertz CT molecular complexity index is 2000. The number of ether oxygens (including phenoxy) is 1. The van der Waals surface area contributed by atoms with Gasteiger partial charge in [0.2, 0.25) is 5.92 Å². The van der Waals surface area contributed by atoms with Gasteiger partial charge in [-0.3, -0.25) is 4.98 Å². The van der Waals surface area contributed by atoms with Gasteiger partial charge in [0, 0.05) is 37.9 Å². The number of fused-ring (bicyclic) bond motifs is 3. The summed E-state index contributed by atoms with van der Waals surface area (Å²) in [5.41, 5.74) is 3.79. The molecule has 1 aliphatic carbocycles. The number of halogens is 2. The summed E-state index contributed by atoms with van der Waals surface area (Å²) in [7, 11) is 16.2. The van der Waals surface area contributed by atoms with E-state index in [1.54, 1.807) is 19.3 Å². The molecule has 1 saturated carbocycles. The lowest BCUT2D eigenvalue weighted by atomic mass is 9.41. The molecular formula is C31H30B3F2N5O3S. The Morgan fingerprint density at radius 2 is 1.78 bits per heavy atom. The van der Waals surface area contributed by atoms with Crippen molar-refractivity contribution >= 4 is 55.3 Å². The van der Waals surface area contributed by atoms with E-state index in [0.717, 1.165) is 11.8 Å². The minimum atomic E-state index is -3.67. The van der Waals surface area contributed by atoms with Crippen LogP contribution in [0.4, 0.5) is 8.78 Å². The van der Waals surface area contributed by atoms with Gasteiger partial charge in [0.25, 0.3) is 0 Å². The number of pyridine rings is 1. The number of nitrogens with zero attached hydrogens (tertiary/aromatic N) is 5. The number of sulfone groups is 1. The molecule has 0 aliphatic heterocycles. The third-order valence-electron chi connectivity index (χ3n) is 8.54. The van der Waals surface area contributed by atoms with Crippen LogP contribution in [0.5, 0.6) is 5.75 Å². The Labute approximate surface area is 264 Å². The van der Waals surface area contributed by atoms with E-state index in [-0.39, 0.29) is 48.8 Å². The molecular weight excluding hydrogens is 593 g/mol. The average molecular weight is 623 g/mol. The van der Waals surface area contributed by atoms with E-state index in [0.29, 0.717) is 38.9 Å². The molecule has 0 bridgehead atoms. The lowest BCUT2D eigenvalue weighted by Gasteiger charge is -2.35. The van der Waals surface area contributed by atoms with Crippen molar-refractivity contribution in [3.63, 3.8) is 0 Å². The Hall–Kier alpha value is -3.67. The van der Waals surface area contributed by atoms with Crippen LogP contribution in [0.1, 0.15) is 49.9 Å². The monoisotopic (exact) mass is 623 g/mol. The third kappa shape index (κ3) is 5.77. The lowest BCUT2D eigenvalue weighted by molar-refractivity contribution is -0.0493. The summed E-state index contributed by atoms with van der Waals surface area (Å²) in [5.74, 6) is -2.57. The standard InChI is InChI=1S/C31H30B3F2N5O3S/c1-4-44-24-16-21(45(3,42)43)15-22-25(24)26-23(14-20(17-37-26)28-29(31(32,33)34)38-39-40(28)2)41(22)27(18-8-6-5-7-9-18)19-10-12-30(35,36)13-11-19/h5-9,14-17,19,27H,4,10-13H2,1-3H3. The van der Waals surface area contributed by atoms with Gasteiger partial charge in [-0.25, -0.2) is 21.9 Å². The van der Waals surface area contributed by atoms with Crippen LogP contribution in [0.25, 0.3) is 33.2 Å². The molecule has 14 heteroatoms. The first-order chi connectivity index (χ1) is 21.2. The van der Waals surface area contributed by atoms with Gasteiger partial charge in [0.15, 0.2) is 9.84 Å². The first-order valence-electron chi connectivity index (χ1n) is 14.7. The van der Waals surface area contributed by atoms with Gasteiger partial charge < -0.3 is 9.30 Å². The first-order valence-corrected chi connectivity index (χ1v) is 16.6. The van der Waals surface area contributed by atoms with E-state index in [1.807, 2.05) is 47.9 Å².